The Bertz CT molecular complexity index is 3620. The number of fused-ring (bicyclic) bond motifs is 4. The van der Waals surface area contributed by atoms with Gasteiger partial charge in [0.2, 0.25) is 0 Å². The Morgan fingerprint density at radius 2 is 0.562 bits per heavy atom. The second-order valence-electron chi connectivity index (χ2n) is 38.7. The smallest absolute Gasteiger partial charge is 0.181 e. The van der Waals surface area contributed by atoms with Crippen LogP contribution in [0.15, 0.2) is 18.3 Å². The van der Waals surface area contributed by atoms with Gasteiger partial charge in [-0.25, -0.2) is 0 Å². The highest BCUT2D eigenvalue weighted by Gasteiger charge is 2.42. The number of halogens is 2. The molecule has 0 spiro atoms. The van der Waals surface area contributed by atoms with Crippen LogP contribution in [0.25, 0.3) is 39.0 Å². The van der Waals surface area contributed by atoms with E-state index < -0.39 is 5.41 Å². The lowest BCUT2D eigenvalue weighted by Crippen LogP contribution is -2.43. The van der Waals surface area contributed by atoms with Gasteiger partial charge in [0.05, 0.1) is 77.4 Å². The zero-order valence-corrected chi connectivity index (χ0v) is 90.5. The topological polar surface area (TPSA) is 92.3 Å². The molecule has 4 unspecified atom stereocenters. The van der Waals surface area contributed by atoms with Crippen molar-refractivity contribution in [2.45, 2.75) is 473 Å². The first-order valence-corrected chi connectivity index (χ1v) is 60.0. The van der Waals surface area contributed by atoms with E-state index in [1.54, 1.807) is 56.3 Å². The average Bonchev–Trinajstić information content (AvgIpc) is 1.57. The van der Waals surface area contributed by atoms with Crippen molar-refractivity contribution in [2.75, 3.05) is 66.1 Å². The minimum absolute atomic E-state index is 0.112. The van der Waals surface area contributed by atoms with E-state index in [4.69, 9.17) is 47.4 Å². The molecule has 0 N–H and O–H groups in total. The first-order valence-electron chi connectivity index (χ1n) is 53.4. The van der Waals surface area contributed by atoms with Gasteiger partial charge in [0.1, 0.15) is 39.6 Å². The van der Waals surface area contributed by atoms with Gasteiger partial charge >= 0.3 is 0 Å². The van der Waals surface area contributed by atoms with Crippen LogP contribution in [0.2, 0.25) is 0 Å². The van der Waals surface area contributed by atoms with Gasteiger partial charge in [-0.3, -0.25) is 0 Å². The summed E-state index contributed by atoms with van der Waals surface area (Å²) >= 11 is 19.2. The van der Waals surface area contributed by atoms with Crippen LogP contribution < -0.4 is 37.9 Å². The summed E-state index contributed by atoms with van der Waals surface area (Å²) in [7, 11) is 0. The van der Waals surface area contributed by atoms with Crippen LogP contribution in [0.4, 0.5) is 0 Å². The molecule has 128 heavy (non-hydrogen) atoms. The van der Waals surface area contributed by atoms with Gasteiger partial charge in [0.25, 0.3) is 0 Å². The lowest BCUT2D eigenvalue weighted by atomic mass is 9.91. The van der Waals surface area contributed by atoms with E-state index in [-0.39, 0.29) is 12.2 Å². The fourth-order valence-electron chi connectivity index (χ4n) is 19.3. The zero-order chi connectivity index (χ0) is 90.4. The van der Waals surface area contributed by atoms with Gasteiger partial charge in [-0.1, -0.05) is 364 Å². The van der Waals surface area contributed by atoms with E-state index in [1.165, 1.54) is 399 Å². The summed E-state index contributed by atoms with van der Waals surface area (Å²) < 4.78 is 69.9. The Morgan fingerprint density at radius 1 is 0.297 bits per heavy atom. The van der Waals surface area contributed by atoms with Crippen molar-refractivity contribution in [3.63, 3.8) is 0 Å². The number of rotatable bonds is 72. The average molecular weight is 2010 g/mol. The molecule has 18 heteroatoms. The van der Waals surface area contributed by atoms with Crippen molar-refractivity contribution >= 4 is 99.9 Å². The van der Waals surface area contributed by atoms with Crippen LogP contribution in [0, 0.1) is 17.3 Å². The van der Waals surface area contributed by atoms with E-state index >= 15 is 0 Å². The van der Waals surface area contributed by atoms with Gasteiger partial charge in [0, 0.05) is 30.4 Å². The van der Waals surface area contributed by atoms with E-state index in [1.807, 2.05) is 34.0 Å². The molecule has 0 saturated carbocycles. The summed E-state index contributed by atoms with van der Waals surface area (Å²) in [6, 6.07) is 0. The van der Waals surface area contributed by atoms with Crippen LogP contribution >= 0.6 is 99.9 Å². The Kier molecular flexibility index (Phi) is 55.7. The molecule has 6 aromatic rings. The molecule has 10 heterocycles. The summed E-state index contributed by atoms with van der Waals surface area (Å²) in [6.07, 6.45) is 80.2. The van der Waals surface area contributed by atoms with E-state index in [0.717, 1.165) is 98.0 Å². The van der Waals surface area contributed by atoms with Crippen LogP contribution in [-0.2, 0) is 35.2 Å². The number of hydrogen-bond donors (Lipinski definition) is 0. The molecule has 0 aromatic carbocycles. The third-order valence-corrected chi connectivity index (χ3v) is 36.0. The summed E-state index contributed by atoms with van der Waals surface area (Å²) in [5, 5.41) is 4.13. The van der Waals surface area contributed by atoms with E-state index in [2.05, 4.69) is 112 Å². The van der Waals surface area contributed by atoms with Gasteiger partial charge in [0.15, 0.2) is 46.0 Å². The summed E-state index contributed by atoms with van der Waals surface area (Å²) in [6.45, 7) is 28.6. The number of unbranched alkanes of at least 4 members (excludes halogenated alkanes) is 44. The maximum atomic E-state index is 7.19. The molecule has 0 saturated heterocycles. The highest BCUT2D eigenvalue weighted by molar-refractivity contribution is 9.11. The van der Waals surface area contributed by atoms with Crippen LogP contribution in [-0.4, -0.2) is 78.3 Å². The molecular weight excluding hydrogens is 1830 g/mol. The SMILES string of the molecule is CCCCCCCCCCC(CCCCCCCC)COCC1(COCC(CCCCCCCC)CCCCCCCCCC)COc2c(-c3scc4c3OCCO4)sc(-c3scc4c3OCCO4)c2OC1.CCCCCCCCc1c(Br)sc(-c2sc(-c3sc(Br)c(CCCCCCCC)c3CCCCCCCC)c3c2OC(C)CC(C)O3)c1CCCCCCCC. The second kappa shape index (κ2) is 65.3. The molecule has 0 bridgehead atoms. The fourth-order valence-corrected chi connectivity index (χ4v) is 28.2. The first kappa shape index (κ1) is 109. The third-order valence-electron chi connectivity index (χ3n) is 27.1. The highest BCUT2D eigenvalue weighted by Crippen LogP contribution is 2.63. The molecule has 4 atom stereocenters. The number of hydrogen-bond acceptors (Lipinski definition) is 16. The molecule has 0 aliphatic carbocycles. The van der Waals surface area contributed by atoms with Crippen molar-refractivity contribution in [3.8, 4) is 85.0 Å². The normalized spacial score (nSPS) is 15.7. The summed E-state index contributed by atoms with van der Waals surface area (Å²) in [5.41, 5.74) is 5.80. The summed E-state index contributed by atoms with van der Waals surface area (Å²) in [4.78, 5) is 9.52. The Hall–Kier alpha value is -2.52. The Morgan fingerprint density at radius 3 is 0.867 bits per heavy atom. The van der Waals surface area contributed by atoms with Crippen molar-refractivity contribution < 1.29 is 47.4 Å². The van der Waals surface area contributed by atoms with Crippen LogP contribution in [0.5, 0.6) is 46.0 Å². The van der Waals surface area contributed by atoms with Gasteiger partial charge < -0.3 is 47.4 Å². The minimum Gasteiger partial charge on any atom is -0.487 e. The van der Waals surface area contributed by atoms with Crippen molar-refractivity contribution in [3.05, 3.63) is 40.6 Å². The minimum atomic E-state index is -0.499. The molecule has 728 valence electrons. The first-order chi connectivity index (χ1) is 62.9. The van der Waals surface area contributed by atoms with Crippen molar-refractivity contribution in [1.82, 2.24) is 0 Å². The molecule has 0 radical (unpaired) electrons. The number of ether oxygens (including phenoxy) is 10. The van der Waals surface area contributed by atoms with E-state index in [9.17, 15) is 0 Å². The fraction of sp³-hybridized carbons (Fsp3) is 0.782. The predicted molar refractivity (Wildman–Crippen MR) is 565 cm³/mol. The quantitative estimate of drug-likeness (QED) is 0.0344. The van der Waals surface area contributed by atoms with Crippen molar-refractivity contribution in [2.24, 2.45) is 17.3 Å². The molecule has 6 aromatic heterocycles. The molecule has 10 rings (SSSR count). The van der Waals surface area contributed by atoms with Gasteiger partial charge in [-0.05, 0) is 157 Å². The Balaban J connectivity index is 0.000000298. The van der Waals surface area contributed by atoms with Crippen molar-refractivity contribution in [1.29, 1.82) is 0 Å². The third kappa shape index (κ3) is 37.1. The number of thiophene rings is 6. The monoisotopic (exact) mass is 2010 g/mol. The summed E-state index contributed by atoms with van der Waals surface area (Å²) in [5.74, 6) is 7.86. The lowest BCUT2D eigenvalue weighted by Gasteiger charge is -2.32. The maximum Gasteiger partial charge on any atom is 0.181 e. The van der Waals surface area contributed by atoms with Gasteiger partial charge in [-0.15, -0.1) is 68.0 Å². The van der Waals surface area contributed by atoms with Gasteiger partial charge in [-0.2, -0.15) is 0 Å². The molecule has 0 fully saturated rings. The largest absolute Gasteiger partial charge is 0.487 e. The standard InChI is InChI=1S/C61H100O8S3.C49H78Br2O2S3/c1-5-9-13-17-21-23-27-31-35-49(33-29-25-19-15-11-7-3)41-62-45-61(46-63-42-50(34-30-26-20-16-12-8-4)36-32-28-24-22-18-14-10-6-2)47-68-55-56(69-48-61)60(58-54-52(44-71-58)65-38-40-67-54)72-59(55)57-53-51(43-70-57)64-37-39-66-53;1-7-11-15-19-23-27-31-38-40(33-29-25-21-17-13-9-3)48(50)55-44(38)46-42-43(53-37(6)35-36(5)52-42)47(54-46)45-39(32-28-24-20-16-12-8-2)41(49(51)56-45)34-30-26-22-18-14-10-4/h43-44,49-50H,5-42,45-48H2,1-4H3;36-37H,7-35H2,1-6H3. The molecule has 4 aliphatic rings. The molecular formula is C110H178Br2O10S6. The maximum absolute atomic E-state index is 7.19. The van der Waals surface area contributed by atoms with Crippen LogP contribution in [0.3, 0.4) is 0 Å². The lowest BCUT2D eigenvalue weighted by molar-refractivity contribution is -0.0720. The van der Waals surface area contributed by atoms with E-state index in [0.29, 0.717) is 64.7 Å². The highest BCUT2D eigenvalue weighted by atomic mass is 79.9. The molecule has 4 aliphatic heterocycles. The Labute approximate surface area is 822 Å². The second-order valence-corrected chi connectivity index (χ2v) is 47.2. The zero-order valence-electron chi connectivity index (χ0n) is 82.5. The molecule has 0 amide bonds. The molecule has 10 nitrogen and oxygen atoms in total. The van der Waals surface area contributed by atoms with Crippen LogP contribution in [0.1, 0.15) is 457 Å². The predicted octanol–water partition coefficient (Wildman–Crippen LogP) is 38.6.